The summed E-state index contributed by atoms with van der Waals surface area (Å²) >= 11 is 0. The summed E-state index contributed by atoms with van der Waals surface area (Å²) in [6.45, 7) is 1.86. The van der Waals surface area contributed by atoms with E-state index in [-0.39, 0.29) is 6.04 Å². The van der Waals surface area contributed by atoms with Crippen molar-refractivity contribution < 1.29 is 4.74 Å². The van der Waals surface area contributed by atoms with Crippen molar-refractivity contribution in [2.24, 2.45) is 0 Å². The number of aromatic nitrogens is 5. The number of nitrogen functional groups attached to an aromatic ring is 2. The maximum atomic E-state index is 5.91. The quantitative estimate of drug-likeness (QED) is 0.356. The lowest BCUT2D eigenvalue weighted by Crippen LogP contribution is -2.41. The maximum absolute atomic E-state index is 5.91. The van der Waals surface area contributed by atoms with E-state index < -0.39 is 0 Å². The number of hydrogen-bond acceptors (Lipinski definition) is 7. The Morgan fingerprint density at radius 1 is 1.00 bits per heavy atom. The van der Waals surface area contributed by atoms with Crippen molar-refractivity contribution in [3.63, 3.8) is 0 Å². The van der Waals surface area contributed by atoms with E-state index in [1.165, 1.54) is 0 Å². The van der Waals surface area contributed by atoms with Gasteiger partial charge in [0.25, 0.3) is 0 Å². The number of imidazole rings is 1. The van der Waals surface area contributed by atoms with E-state index in [1.54, 1.807) is 6.20 Å². The van der Waals surface area contributed by atoms with Crippen LogP contribution in [0.4, 0.5) is 17.3 Å². The fourth-order valence-electron chi connectivity index (χ4n) is 4.50. The molecule has 5 N–H and O–H groups in total. The molecule has 0 aliphatic carbocycles. The predicted molar refractivity (Wildman–Crippen MR) is 132 cm³/mol. The molecule has 1 aliphatic heterocycles. The fourth-order valence-corrected chi connectivity index (χ4v) is 4.50. The van der Waals surface area contributed by atoms with Crippen molar-refractivity contribution in [1.82, 2.24) is 24.6 Å². The third-order valence-corrected chi connectivity index (χ3v) is 6.13. The SMILES string of the molecule is Nc1ccc(-c2cn3c(N4CCOCC4c4ncccc4-c4cc(N)[nH]n4)cccc3n2)cc1. The first kappa shape index (κ1) is 20.3. The summed E-state index contributed by atoms with van der Waals surface area (Å²) in [6.07, 6.45) is 3.87. The number of ether oxygens (including phenoxy) is 1. The highest BCUT2D eigenvalue weighted by Crippen LogP contribution is 2.35. The van der Waals surface area contributed by atoms with Crippen LogP contribution in [0, 0.1) is 0 Å². The zero-order valence-corrected chi connectivity index (χ0v) is 18.4. The number of morpholine rings is 1. The van der Waals surface area contributed by atoms with Crippen LogP contribution in [-0.4, -0.2) is 44.3 Å². The number of hydrogen-bond donors (Lipinski definition) is 3. The van der Waals surface area contributed by atoms with E-state index in [9.17, 15) is 0 Å². The molecule has 0 spiro atoms. The number of fused-ring (bicyclic) bond motifs is 1. The highest BCUT2D eigenvalue weighted by Gasteiger charge is 2.30. The minimum atomic E-state index is -0.101. The van der Waals surface area contributed by atoms with Gasteiger partial charge in [-0.25, -0.2) is 4.98 Å². The molecular formula is C25H24N8O. The molecule has 4 aromatic heterocycles. The molecular weight excluding hydrogens is 428 g/mol. The van der Waals surface area contributed by atoms with E-state index in [4.69, 9.17) is 26.2 Å². The molecule has 1 aromatic carbocycles. The molecule has 5 heterocycles. The molecule has 6 rings (SSSR count). The largest absolute Gasteiger partial charge is 0.399 e. The van der Waals surface area contributed by atoms with Gasteiger partial charge in [0.1, 0.15) is 17.3 Å². The van der Waals surface area contributed by atoms with Crippen LogP contribution < -0.4 is 16.4 Å². The van der Waals surface area contributed by atoms with E-state index in [0.29, 0.717) is 19.0 Å². The van der Waals surface area contributed by atoms with E-state index in [2.05, 4.69) is 31.8 Å². The standard InChI is InChI=1S/C25H24N8O/c26-17-8-6-16(7-9-17)20-14-33-23(29-20)4-1-5-24(33)32-11-12-34-15-21(32)25-18(3-2-10-28-25)19-13-22(27)31-30-19/h1-10,13-14,21H,11-12,15,26H2,(H3,27,30,31). The molecule has 0 radical (unpaired) electrons. The lowest BCUT2D eigenvalue weighted by atomic mass is 10.0. The molecule has 0 bridgehead atoms. The van der Waals surface area contributed by atoms with Gasteiger partial charge in [-0.15, -0.1) is 0 Å². The number of pyridine rings is 2. The third-order valence-electron chi connectivity index (χ3n) is 6.13. The van der Waals surface area contributed by atoms with Gasteiger partial charge < -0.3 is 21.1 Å². The molecule has 1 atom stereocenters. The first-order valence-electron chi connectivity index (χ1n) is 11.1. The molecule has 9 nitrogen and oxygen atoms in total. The van der Waals surface area contributed by atoms with Gasteiger partial charge in [-0.2, -0.15) is 5.10 Å². The lowest BCUT2D eigenvalue weighted by Gasteiger charge is -2.37. The molecule has 1 fully saturated rings. The van der Waals surface area contributed by atoms with Crippen molar-refractivity contribution in [2.45, 2.75) is 6.04 Å². The Kier molecular flexibility index (Phi) is 4.88. The summed E-state index contributed by atoms with van der Waals surface area (Å²) in [6, 6.07) is 19.6. The van der Waals surface area contributed by atoms with Gasteiger partial charge in [0.2, 0.25) is 0 Å². The zero-order valence-electron chi connectivity index (χ0n) is 18.4. The number of H-pyrrole nitrogens is 1. The molecule has 0 amide bonds. The highest BCUT2D eigenvalue weighted by atomic mass is 16.5. The Morgan fingerprint density at radius 2 is 1.88 bits per heavy atom. The van der Waals surface area contributed by atoms with Crippen LogP contribution in [-0.2, 0) is 4.74 Å². The molecule has 170 valence electrons. The van der Waals surface area contributed by atoms with Crippen molar-refractivity contribution >= 4 is 23.0 Å². The average Bonchev–Trinajstić information content (AvgIpc) is 3.51. The molecule has 1 aliphatic rings. The van der Waals surface area contributed by atoms with Gasteiger partial charge in [-0.1, -0.05) is 18.2 Å². The normalized spacial score (nSPS) is 16.2. The molecule has 0 saturated carbocycles. The maximum Gasteiger partial charge on any atom is 0.139 e. The molecule has 1 saturated heterocycles. The van der Waals surface area contributed by atoms with Crippen LogP contribution in [0.3, 0.4) is 0 Å². The Hall–Kier alpha value is -4.37. The molecule has 34 heavy (non-hydrogen) atoms. The summed E-state index contributed by atoms with van der Waals surface area (Å²) in [5.74, 6) is 1.54. The van der Waals surface area contributed by atoms with Crippen LogP contribution in [0.1, 0.15) is 11.7 Å². The zero-order chi connectivity index (χ0) is 23.1. The smallest absolute Gasteiger partial charge is 0.139 e. The Morgan fingerprint density at radius 3 is 2.71 bits per heavy atom. The number of nitrogens with one attached hydrogen (secondary N) is 1. The van der Waals surface area contributed by atoms with Crippen LogP contribution in [0.2, 0.25) is 0 Å². The second-order valence-corrected chi connectivity index (χ2v) is 8.29. The van der Waals surface area contributed by atoms with Crippen LogP contribution >= 0.6 is 0 Å². The van der Waals surface area contributed by atoms with Gasteiger partial charge in [0.05, 0.1) is 36.3 Å². The Bertz CT molecular complexity index is 1460. The van der Waals surface area contributed by atoms with Gasteiger partial charge in [0.15, 0.2) is 0 Å². The Balaban J connectivity index is 1.44. The summed E-state index contributed by atoms with van der Waals surface area (Å²) in [5.41, 5.74) is 17.9. The van der Waals surface area contributed by atoms with Gasteiger partial charge in [0, 0.05) is 41.8 Å². The summed E-state index contributed by atoms with van der Waals surface area (Å²) in [5, 5.41) is 7.18. The summed E-state index contributed by atoms with van der Waals surface area (Å²) < 4.78 is 8.03. The van der Waals surface area contributed by atoms with Gasteiger partial charge in [-0.3, -0.25) is 14.5 Å². The van der Waals surface area contributed by atoms with Crippen molar-refractivity contribution in [2.75, 3.05) is 36.1 Å². The van der Waals surface area contributed by atoms with Crippen LogP contribution in [0.15, 0.2) is 73.1 Å². The minimum absolute atomic E-state index is 0.101. The first-order valence-corrected chi connectivity index (χ1v) is 11.1. The lowest BCUT2D eigenvalue weighted by molar-refractivity contribution is 0.0926. The number of nitrogens with zero attached hydrogens (tertiary/aromatic N) is 5. The minimum Gasteiger partial charge on any atom is -0.399 e. The first-order chi connectivity index (χ1) is 16.7. The second-order valence-electron chi connectivity index (χ2n) is 8.29. The summed E-state index contributed by atoms with van der Waals surface area (Å²) in [7, 11) is 0. The highest BCUT2D eigenvalue weighted by molar-refractivity contribution is 5.68. The number of benzene rings is 1. The monoisotopic (exact) mass is 452 g/mol. The van der Waals surface area contributed by atoms with Gasteiger partial charge in [-0.05, 0) is 36.4 Å². The van der Waals surface area contributed by atoms with Crippen molar-refractivity contribution in [1.29, 1.82) is 0 Å². The molecule has 9 heteroatoms. The van der Waals surface area contributed by atoms with Crippen molar-refractivity contribution in [3.8, 4) is 22.5 Å². The number of nitrogens with two attached hydrogens (primary N) is 2. The van der Waals surface area contributed by atoms with Crippen LogP contribution in [0.25, 0.3) is 28.2 Å². The summed E-state index contributed by atoms with van der Waals surface area (Å²) in [4.78, 5) is 11.9. The topological polar surface area (TPSA) is 123 Å². The third kappa shape index (κ3) is 3.52. The van der Waals surface area contributed by atoms with Crippen molar-refractivity contribution in [3.05, 3.63) is 78.8 Å². The molecule has 5 aromatic rings. The van der Waals surface area contributed by atoms with E-state index >= 15 is 0 Å². The number of anilines is 3. The average molecular weight is 453 g/mol. The van der Waals surface area contributed by atoms with Crippen LogP contribution in [0.5, 0.6) is 0 Å². The fraction of sp³-hybridized carbons (Fsp3) is 0.160. The van der Waals surface area contributed by atoms with E-state index in [1.807, 2.05) is 54.6 Å². The van der Waals surface area contributed by atoms with Gasteiger partial charge >= 0.3 is 0 Å². The number of aromatic amines is 1. The van der Waals surface area contributed by atoms with E-state index in [0.717, 1.165) is 51.9 Å². The number of rotatable bonds is 4. The molecule has 1 unspecified atom stereocenters. The second kappa shape index (κ2) is 8.20. The predicted octanol–water partition coefficient (Wildman–Crippen LogP) is 3.53. The Labute approximate surface area is 196 Å².